The second-order valence-corrected chi connectivity index (χ2v) is 6.72. The maximum absolute atomic E-state index is 12.9. The van der Waals surface area contributed by atoms with Crippen LogP contribution in [0.4, 0.5) is 5.69 Å². The second-order valence-electron chi connectivity index (χ2n) is 6.72. The van der Waals surface area contributed by atoms with E-state index in [0.717, 1.165) is 23.4 Å². The van der Waals surface area contributed by atoms with Crippen LogP contribution in [0.5, 0.6) is 0 Å². The van der Waals surface area contributed by atoms with Crippen LogP contribution in [-0.4, -0.2) is 19.0 Å². The highest BCUT2D eigenvalue weighted by molar-refractivity contribution is 5.94. The number of amides is 1. The van der Waals surface area contributed by atoms with Gasteiger partial charge in [0.1, 0.15) is 0 Å². The van der Waals surface area contributed by atoms with Gasteiger partial charge in [0.25, 0.3) is 0 Å². The number of nitrogens with one attached hydrogen (secondary N) is 2. The molecular formula is C23H23ClN2O. The number of benzene rings is 3. The fraction of sp³-hybridized carbons (Fsp3) is 0.174. The molecule has 138 valence electrons. The molecular weight excluding hydrogens is 356 g/mol. The first-order valence-corrected chi connectivity index (χ1v) is 9.03. The van der Waals surface area contributed by atoms with Gasteiger partial charge in [0.15, 0.2) is 0 Å². The van der Waals surface area contributed by atoms with Crippen LogP contribution < -0.4 is 10.6 Å². The van der Waals surface area contributed by atoms with Crippen LogP contribution in [0, 0.1) is 5.92 Å². The van der Waals surface area contributed by atoms with Crippen LogP contribution in [0.25, 0.3) is 11.1 Å². The van der Waals surface area contributed by atoms with Crippen molar-refractivity contribution in [3.05, 3.63) is 90.5 Å². The van der Waals surface area contributed by atoms with Crippen molar-refractivity contribution >= 4 is 24.0 Å². The molecule has 1 amide bonds. The zero-order valence-corrected chi connectivity index (χ0v) is 15.8. The lowest BCUT2D eigenvalue weighted by molar-refractivity contribution is -0.119. The van der Waals surface area contributed by atoms with Gasteiger partial charge >= 0.3 is 0 Å². The van der Waals surface area contributed by atoms with E-state index in [2.05, 4.69) is 41.0 Å². The average molecular weight is 379 g/mol. The van der Waals surface area contributed by atoms with Gasteiger partial charge in [0.2, 0.25) is 5.91 Å². The topological polar surface area (TPSA) is 41.1 Å². The molecule has 2 unspecified atom stereocenters. The summed E-state index contributed by atoms with van der Waals surface area (Å²) < 4.78 is 0. The van der Waals surface area contributed by atoms with Crippen molar-refractivity contribution in [3.63, 3.8) is 0 Å². The van der Waals surface area contributed by atoms with Crippen LogP contribution in [0.15, 0.2) is 84.9 Å². The third kappa shape index (κ3) is 4.38. The lowest BCUT2D eigenvalue weighted by atomic mass is 9.88. The Kier molecular flexibility index (Phi) is 6.28. The van der Waals surface area contributed by atoms with Crippen molar-refractivity contribution < 1.29 is 4.79 Å². The number of anilines is 1. The highest BCUT2D eigenvalue weighted by Gasteiger charge is 2.33. The predicted molar refractivity (Wildman–Crippen MR) is 113 cm³/mol. The van der Waals surface area contributed by atoms with Gasteiger partial charge in [0, 0.05) is 24.7 Å². The summed E-state index contributed by atoms with van der Waals surface area (Å²) in [6.07, 6.45) is 0. The number of hydrogen-bond donors (Lipinski definition) is 2. The van der Waals surface area contributed by atoms with E-state index in [4.69, 9.17) is 0 Å². The first kappa shape index (κ1) is 19.2. The molecule has 0 bridgehead atoms. The number of carbonyl (C=O) groups excluding carboxylic acids is 1. The highest BCUT2D eigenvalue weighted by Crippen LogP contribution is 2.29. The number of rotatable bonds is 4. The van der Waals surface area contributed by atoms with Gasteiger partial charge in [-0.05, 0) is 28.8 Å². The minimum absolute atomic E-state index is 0. The lowest BCUT2D eigenvalue weighted by Crippen LogP contribution is -2.28. The first-order valence-electron chi connectivity index (χ1n) is 9.03. The number of carbonyl (C=O) groups is 1. The Labute approximate surface area is 166 Å². The van der Waals surface area contributed by atoms with Gasteiger partial charge < -0.3 is 10.6 Å². The van der Waals surface area contributed by atoms with Gasteiger partial charge in [-0.1, -0.05) is 72.8 Å². The number of hydrogen-bond acceptors (Lipinski definition) is 2. The summed E-state index contributed by atoms with van der Waals surface area (Å²) in [5.41, 5.74) is 4.31. The maximum atomic E-state index is 12.9. The Morgan fingerprint density at radius 1 is 0.815 bits per heavy atom. The van der Waals surface area contributed by atoms with Crippen LogP contribution in [-0.2, 0) is 4.79 Å². The molecule has 4 heteroatoms. The van der Waals surface area contributed by atoms with E-state index in [1.165, 1.54) is 5.56 Å². The van der Waals surface area contributed by atoms with Crippen molar-refractivity contribution in [2.45, 2.75) is 5.92 Å². The molecule has 0 saturated carbocycles. The van der Waals surface area contributed by atoms with E-state index < -0.39 is 0 Å². The minimum atomic E-state index is -0.0576. The molecule has 3 aromatic rings. The molecule has 1 aliphatic heterocycles. The average Bonchev–Trinajstić information content (AvgIpc) is 3.20. The third-order valence-electron chi connectivity index (χ3n) is 5.02. The van der Waals surface area contributed by atoms with E-state index in [9.17, 15) is 4.79 Å². The Morgan fingerprint density at radius 2 is 1.48 bits per heavy atom. The summed E-state index contributed by atoms with van der Waals surface area (Å²) in [6.45, 7) is 1.55. The first-order chi connectivity index (χ1) is 12.8. The fourth-order valence-electron chi connectivity index (χ4n) is 3.65. The van der Waals surface area contributed by atoms with Gasteiger partial charge in [-0.25, -0.2) is 0 Å². The Hall–Kier alpha value is -2.62. The van der Waals surface area contributed by atoms with Crippen LogP contribution in [0.1, 0.15) is 11.5 Å². The van der Waals surface area contributed by atoms with E-state index in [0.29, 0.717) is 6.54 Å². The molecule has 2 N–H and O–H groups in total. The van der Waals surface area contributed by atoms with Gasteiger partial charge in [0.05, 0.1) is 5.92 Å². The van der Waals surface area contributed by atoms with E-state index in [1.807, 2.05) is 54.6 Å². The largest absolute Gasteiger partial charge is 0.326 e. The monoisotopic (exact) mass is 378 g/mol. The van der Waals surface area contributed by atoms with Crippen molar-refractivity contribution in [1.29, 1.82) is 0 Å². The standard InChI is InChI=1S/C23H22N2O.ClH/c26-23(22-16-24-15-21(22)18-10-5-2-6-11-18)25-20-13-7-12-19(14-20)17-8-3-1-4-9-17;/h1-14,21-22,24H,15-16H2,(H,25,26);1H. The molecule has 1 fully saturated rings. The Balaban J connectivity index is 0.00000210. The quantitative estimate of drug-likeness (QED) is 0.689. The molecule has 0 radical (unpaired) electrons. The minimum Gasteiger partial charge on any atom is -0.326 e. The summed E-state index contributed by atoms with van der Waals surface area (Å²) >= 11 is 0. The molecule has 4 rings (SSSR count). The SMILES string of the molecule is Cl.O=C(Nc1cccc(-c2ccccc2)c1)C1CNCC1c1ccccc1. The van der Waals surface area contributed by atoms with E-state index in [1.54, 1.807) is 0 Å². The predicted octanol–water partition coefficient (Wildman–Crippen LogP) is 4.72. The summed E-state index contributed by atoms with van der Waals surface area (Å²) in [5, 5.41) is 6.48. The molecule has 1 aliphatic rings. The van der Waals surface area contributed by atoms with Crippen molar-refractivity contribution in [2.75, 3.05) is 18.4 Å². The molecule has 1 saturated heterocycles. The van der Waals surface area contributed by atoms with Crippen molar-refractivity contribution in [3.8, 4) is 11.1 Å². The van der Waals surface area contributed by atoms with Crippen LogP contribution in [0.2, 0.25) is 0 Å². The molecule has 2 atom stereocenters. The summed E-state index contributed by atoms with van der Waals surface area (Å²) in [4.78, 5) is 12.9. The zero-order valence-electron chi connectivity index (χ0n) is 15.0. The molecule has 0 spiro atoms. The smallest absolute Gasteiger partial charge is 0.229 e. The second kappa shape index (κ2) is 8.85. The molecule has 0 aromatic heterocycles. The summed E-state index contributed by atoms with van der Waals surface area (Å²) in [5.74, 6) is 0.236. The molecule has 3 nitrogen and oxygen atoms in total. The summed E-state index contributed by atoms with van der Waals surface area (Å²) in [6, 6.07) is 28.5. The fourth-order valence-corrected chi connectivity index (χ4v) is 3.65. The molecule has 3 aromatic carbocycles. The zero-order chi connectivity index (χ0) is 17.8. The third-order valence-corrected chi connectivity index (χ3v) is 5.02. The summed E-state index contributed by atoms with van der Waals surface area (Å²) in [7, 11) is 0. The van der Waals surface area contributed by atoms with Gasteiger partial charge in [-0.3, -0.25) is 4.79 Å². The van der Waals surface area contributed by atoms with Crippen molar-refractivity contribution in [2.24, 2.45) is 5.92 Å². The van der Waals surface area contributed by atoms with E-state index >= 15 is 0 Å². The molecule has 27 heavy (non-hydrogen) atoms. The normalized spacial score (nSPS) is 18.5. The Morgan fingerprint density at radius 3 is 2.22 bits per heavy atom. The van der Waals surface area contributed by atoms with Crippen molar-refractivity contribution in [1.82, 2.24) is 5.32 Å². The lowest BCUT2D eigenvalue weighted by Gasteiger charge is -2.19. The molecule has 1 heterocycles. The van der Waals surface area contributed by atoms with E-state index in [-0.39, 0.29) is 30.2 Å². The molecule has 0 aliphatic carbocycles. The maximum Gasteiger partial charge on any atom is 0.229 e. The number of halogens is 1. The highest BCUT2D eigenvalue weighted by atomic mass is 35.5. The van der Waals surface area contributed by atoms with Gasteiger partial charge in [-0.2, -0.15) is 0 Å². The van der Waals surface area contributed by atoms with Crippen LogP contribution >= 0.6 is 12.4 Å². The van der Waals surface area contributed by atoms with Gasteiger partial charge in [-0.15, -0.1) is 12.4 Å². The Bertz CT molecular complexity index is 883. The van der Waals surface area contributed by atoms with Crippen LogP contribution in [0.3, 0.4) is 0 Å².